The maximum Gasteiger partial charge on any atom is 0.232 e. The van der Waals surface area contributed by atoms with E-state index in [-0.39, 0.29) is 0 Å². The van der Waals surface area contributed by atoms with Crippen LogP contribution in [0.25, 0.3) is 0 Å². The van der Waals surface area contributed by atoms with Crippen molar-refractivity contribution in [2.24, 2.45) is 0 Å². The molecule has 0 amide bonds. The third-order valence-electron chi connectivity index (χ3n) is 2.75. The van der Waals surface area contributed by atoms with Crippen molar-refractivity contribution in [1.82, 2.24) is 0 Å². The lowest BCUT2D eigenvalue weighted by atomic mass is 9.99. The zero-order chi connectivity index (χ0) is 10.3. The van der Waals surface area contributed by atoms with Crippen molar-refractivity contribution in [3.8, 4) is 0 Å². The van der Waals surface area contributed by atoms with Crippen LogP contribution < -0.4 is 0 Å². The third-order valence-corrected chi connectivity index (χ3v) is 3.56. The summed E-state index contributed by atoms with van der Waals surface area (Å²) in [4.78, 5) is 0. The van der Waals surface area contributed by atoms with Crippen LogP contribution in [0, 0.1) is 67.7 Å². The molecule has 0 bridgehead atoms. The highest BCUT2D eigenvalue weighted by Crippen LogP contribution is 2.46. The molecule has 15 heavy (non-hydrogen) atoms. The third kappa shape index (κ3) is 1.69. The maximum atomic E-state index is 2.18. The van der Waals surface area contributed by atoms with Crippen LogP contribution in [0.3, 0.4) is 0 Å². The van der Waals surface area contributed by atoms with Gasteiger partial charge in [0.05, 0.1) is 0 Å². The standard InChI is InChI=1S/C14H11S/c1-15-14-12(10-6-2-3-7-10)13(14)11-8-4-5-9-11/h2-9H,1H3/q+1. The molecule has 0 heterocycles. The zero-order valence-corrected chi connectivity index (χ0v) is 9.34. The molecule has 2 aliphatic carbocycles. The summed E-state index contributed by atoms with van der Waals surface area (Å²) in [5, 5.41) is 0. The van der Waals surface area contributed by atoms with Crippen LogP contribution in [0.15, 0.2) is 0 Å². The van der Waals surface area contributed by atoms with Crippen molar-refractivity contribution in [3.05, 3.63) is 78.8 Å². The van der Waals surface area contributed by atoms with E-state index in [1.54, 1.807) is 0 Å². The molecule has 0 aliphatic heterocycles. The van der Waals surface area contributed by atoms with E-state index in [1.165, 1.54) is 27.5 Å². The van der Waals surface area contributed by atoms with Crippen LogP contribution in [0.2, 0.25) is 0 Å². The van der Waals surface area contributed by atoms with Crippen molar-refractivity contribution >= 4 is 11.4 Å². The lowest BCUT2D eigenvalue weighted by Gasteiger charge is -2.01. The molecule has 0 N–H and O–H groups in total. The topological polar surface area (TPSA) is 0 Å². The molecule has 2 fully saturated rings. The molecule has 10 radical (unpaired) electrons. The van der Waals surface area contributed by atoms with Gasteiger partial charge in [0.2, 0.25) is 4.51 Å². The molecule has 1 aromatic carbocycles. The molecule has 1 heteroatoms. The summed E-state index contributed by atoms with van der Waals surface area (Å²) in [6, 6.07) is 0. The summed E-state index contributed by atoms with van der Waals surface area (Å²) >= 11 is 1.85. The van der Waals surface area contributed by atoms with Gasteiger partial charge in [-0.05, 0) is 51.4 Å². The Morgan fingerprint density at radius 2 is 1.13 bits per heavy atom. The minimum Gasteiger partial charge on any atom is -0.0305 e. The fourth-order valence-electron chi connectivity index (χ4n) is 2.01. The second-order valence-electron chi connectivity index (χ2n) is 3.63. The second-order valence-corrected chi connectivity index (χ2v) is 4.45. The van der Waals surface area contributed by atoms with Crippen molar-refractivity contribution in [2.75, 3.05) is 6.26 Å². The van der Waals surface area contributed by atoms with Gasteiger partial charge < -0.3 is 0 Å². The van der Waals surface area contributed by atoms with Gasteiger partial charge in [-0.25, -0.2) is 0 Å². The van der Waals surface area contributed by atoms with Crippen molar-refractivity contribution < 1.29 is 0 Å². The SMILES string of the molecule is C[S+]=c1c([C]2[CH][CH][CH][CH]2)c1[C]1[CH][CH][CH][CH]1. The largest absolute Gasteiger partial charge is 0.232 e. The van der Waals surface area contributed by atoms with Gasteiger partial charge in [0.15, 0.2) is 17.6 Å². The average Bonchev–Trinajstić information content (AvgIpc) is 2.75. The summed E-state index contributed by atoms with van der Waals surface area (Å²) in [5.74, 6) is 2.71. The fourth-order valence-corrected chi connectivity index (χ4v) is 2.80. The highest BCUT2D eigenvalue weighted by Gasteiger charge is 2.40. The molecule has 0 nitrogen and oxygen atoms in total. The summed E-state index contributed by atoms with van der Waals surface area (Å²) in [6.07, 6.45) is 19.3. The minimum absolute atomic E-state index is 1.36. The molecule has 0 spiro atoms. The number of hydrogen-bond donors (Lipinski definition) is 0. The Kier molecular flexibility index (Phi) is 2.68. The van der Waals surface area contributed by atoms with E-state index in [0.29, 0.717) is 0 Å². The Morgan fingerprint density at radius 3 is 1.47 bits per heavy atom. The van der Waals surface area contributed by atoms with Gasteiger partial charge in [-0.3, -0.25) is 0 Å². The monoisotopic (exact) mass is 211 g/mol. The normalized spacial score (nSPS) is 24.3. The molecule has 0 atom stereocenters. The summed E-state index contributed by atoms with van der Waals surface area (Å²) < 4.78 is 1.45. The van der Waals surface area contributed by atoms with Crippen molar-refractivity contribution in [3.63, 3.8) is 0 Å². The summed E-state index contributed by atoms with van der Waals surface area (Å²) in [6.45, 7) is 0. The fraction of sp³-hybridized carbons (Fsp3) is 0.0714. The van der Waals surface area contributed by atoms with Crippen molar-refractivity contribution in [1.29, 1.82) is 0 Å². The second kappa shape index (κ2) is 4.01. The Morgan fingerprint density at radius 1 is 0.733 bits per heavy atom. The smallest absolute Gasteiger partial charge is 0.0305 e. The van der Waals surface area contributed by atoms with E-state index < -0.39 is 0 Å². The molecule has 2 aliphatic rings. The molecule has 1 aromatic rings. The van der Waals surface area contributed by atoms with Crippen molar-refractivity contribution in [2.45, 2.75) is 0 Å². The summed E-state index contributed by atoms with van der Waals surface area (Å²) in [5.41, 5.74) is 2.89. The first-order valence-corrected chi connectivity index (χ1v) is 6.24. The molecule has 72 valence electrons. The van der Waals surface area contributed by atoms with Gasteiger partial charge in [0.25, 0.3) is 0 Å². The molecule has 0 aromatic heterocycles. The Labute approximate surface area is 96.7 Å². The van der Waals surface area contributed by atoms with E-state index in [4.69, 9.17) is 0 Å². The molecule has 0 saturated heterocycles. The first kappa shape index (κ1) is 10.0. The van der Waals surface area contributed by atoms with Gasteiger partial charge in [-0.1, -0.05) is 0 Å². The highest BCUT2D eigenvalue weighted by molar-refractivity contribution is 7.69. The Bertz CT molecular complexity index is 325. The van der Waals surface area contributed by atoms with Crippen LogP contribution in [0.4, 0.5) is 0 Å². The van der Waals surface area contributed by atoms with Gasteiger partial charge in [-0.15, -0.1) is 0 Å². The van der Waals surface area contributed by atoms with E-state index in [2.05, 4.69) is 57.6 Å². The van der Waals surface area contributed by atoms with Gasteiger partial charge in [0.1, 0.15) is 0 Å². The van der Waals surface area contributed by atoms with E-state index in [0.717, 1.165) is 0 Å². The van der Waals surface area contributed by atoms with Gasteiger partial charge >= 0.3 is 0 Å². The van der Waals surface area contributed by atoms with E-state index in [9.17, 15) is 0 Å². The van der Waals surface area contributed by atoms with Crippen LogP contribution in [-0.4, -0.2) is 6.26 Å². The first-order valence-electron chi connectivity index (χ1n) is 5.02. The first-order chi connectivity index (χ1) is 7.42. The quantitative estimate of drug-likeness (QED) is 0.520. The van der Waals surface area contributed by atoms with E-state index in [1.807, 2.05) is 11.4 Å². The number of hydrogen-bond acceptors (Lipinski definition) is 0. The molecular formula is C14H11S+. The van der Waals surface area contributed by atoms with Gasteiger partial charge in [0, 0.05) is 23.0 Å². The predicted octanol–water partition coefficient (Wildman–Crippen LogP) is 2.31. The lowest BCUT2D eigenvalue weighted by molar-refractivity contribution is 1.29. The molecular weight excluding hydrogens is 200 g/mol. The molecule has 0 unspecified atom stereocenters. The predicted molar refractivity (Wildman–Crippen MR) is 64.4 cm³/mol. The van der Waals surface area contributed by atoms with Crippen LogP contribution in [-0.2, 0) is 11.4 Å². The molecule has 2 saturated carbocycles. The summed E-state index contributed by atoms with van der Waals surface area (Å²) in [7, 11) is 0. The molecule has 3 rings (SSSR count). The van der Waals surface area contributed by atoms with Gasteiger partial charge in [-0.2, -0.15) is 0 Å². The zero-order valence-electron chi connectivity index (χ0n) is 8.53. The lowest BCUT2D eigenvalue weighted by Crippen LogP contribution is -1.92. The Hall–Kier alpha value is -0.170. The van der Waals surface area contributed by atoms with Crippen LogP contribution in [0.1, 0.15) is 11.1 Å². The minimum atomic E-state index is 1.36. The average molecular weight is 211 g/mol. The van der Waals surface area contributed by atoms with Crippen LogP contribution in [0.5, 0.6) is 0 Å². The Balaban J connectivity index is 1.82. The highest BCUT2D eigenvalue weighted by atomic mass is 32.1. The van der Waals surface area contributed by atoms with E-state index >= 15 is 0 Å². The number of rotatable bonds is 2. The maximum absolute atomic E-state index is 2.18. The van der Waals surface area contributed by atoms with Crippen LogP contribution >= 0.6 is 0 Å².